The van der Waals surface area contributed by atoms with Gasteiger partial charge in [-0.1, -0.05) is 26.7 Å². The van der Waals surface area contributed by atoms with Crippen molar-refractivity contribution in [3.63, 3.8) is 0 Å². The van der Waals surface area contributed by atoms with Gasteiger partial charge in [0.25, 0.3) is 0 Å². The van der Waals surface area contributed by atoms with Crippen molar-refractivity contribution in [3.8, 4) is 5.75 Å². The van der Waals surface area contributed by atoms with Crippen LogP contribution in [0.25, 0.3) is 0 Å². The van der Waals surface area contributed by atoms with Gasteiger partial charge in [-0.3, -0.25) is 0 Å². The van der Waals surface area contributed by atoms with Gasteiger partial charge in [0, 0.05) is 0 Å². The van der Waals surface area contributed by atoms with Crippen molar-refractivity contribution < 1.29 is 20.1 Å². The number of benzene rings is 1. The van der Waals surface area contributed by atoms with E-state index in [1.165, 1.54) is 16.7 Å². The van der Waals surface area contributed by atoms with Gasteiger partial charge in [0.05, 0.1) is 25.2 Å². The molecule has 4 heteroatoms. The normalized spacial score (nSPS) is 11.8. The van der Waals surface area contributed by atoms with Crippen LogP contribution in [0.4, 0.5) is 0 Å². The van der Waals surface area contributed by atoms with Crippen LogP contribution in [0, 0.1) is 12.3 Å². The number of aliphatic hydroxyl groups is 3. The van der Waals surface area contributed by atoms with Gasteiger partial charge in [0.1, 0.15) is 12.4 Å². The lowest BCUT2D eigenvalue weighted by Gasteiger charge is -2.27. The van der Waals surface area contributed by atoms with Crippen molar-refractivity contribution in [2.45, 2.75) is 59.3 Å². The minimum atomic E-state index is -1.00. The van der Waals surface area contributed by atoms with Crippen molar-refractivity contribution in [3.05, 3.63) is 28.8 Å². The molecule has 0 saturated carbocycles. The Hall–Kier alpha value is -1.10. The molecule has 0 fully saturated rings. The number of hydrogen-bond acceptors (Lipinski definition) is 4. The average molecular weight is 338 g/mol. The minimum absolute atomic E-state index is 0.0972. The summed E-state index contributed by atoms with van der Waals surface area (Å²) in [5.41, 5.74) is 2.96. The lowest BCUT2D eigenvalue weighted by atomic mass is 9.92. The van der Waals surface area contributed by atoms with Crippen LogP contribution in [-0.4, -0.2) is 41.7 Å². The van der Waals surface area contributed by atoms with Gasteiger partial charge in [-0.25, -0.2) is 0 Å². The summed E-state index contributed by atoms with van der Waals surface area (Å²) in [5.74, 6) is 0.762. The highest BCUT2D eigenvalue weighted by Crippen LogP contribution is 2.27. The fourth-order valence-corrected chi connectivity index (χ4v) is 2.67. The first-order valence-electron chi connectivity index (χ1n) is 9.13. The molecule has 0 heterocycles. The standard InChI is InChI=1S/C20H34O4/c1-4-6-8-17-10-19(11-18(16(17)3)9-7-5-2)24-15-20(12-21,13-22)14-23/h10-11,21-23H,4-9,12-15H2,1-3H3. The Morgan fingerprint density at radius 3 is 1.71 bits per heavy atom. The molecule has 0 unspecified atom stereocenters. The minimum Gasteiger partial charge on any atom is -0.493 e. The molecule has 0 amide bonds. The molecule has 0 aliphatic heterocycles. The number of rotatable bonds is 12. The molecule has 0 aliphatic carbocycles. The van der Waals surface area contributed by atoms with Crippen molar-refractivity contribution in [1.29, 1.82) is 0 Å². The summed E-state index contributed by atoms with van der Waals surface area (Å²) in [5, 5.41) is 28.3. The molecule has 4 nitrogen and oxygen atoms in total. The molecule has 138 valence electrons. The zero-order valence-electron chi connectivity index (χ0n) is 15.5. The second-order valence-electron chi connectivity index (χ2n) is 6.84. The van der Waals surface area contributed by atoms with Crippen LogP contribution < -0.4 is 4.74 Å². The van der Waals surface area contributed by atoms with Gasteiger partial charge in [-0.2, -0.15) is 0 Å². The van der Waals surface area contributed by atoms with E-state index in [1.807, 2.05) is 0 Å². The monoisotopic (exact) mass is 338 g/mol. The molecule has 24 heavy (non-hydrogen) atoms. The first-order valence-corrected chi connectivity index (χ1v) is 9.13. The topological polar surface area (TPSA) is 69.9 Å². The molecular formula is C20H34O4. The molecule has 0 radical (unpaired) electrons. The Bertz CT molecular complexity index is 443. The van der Waals surface area contributed by atoms with Crippen LogP contribution in [0.3, 0.4) is 0 Å². The Morgan fingerprint density at radius 2 is 1.33 bits per heavy atom. The summed E-state index contributed by atoms with van der Waals surface area (Å²) < 4.78 is 5.86. The molecule has 0 spiro atoms. The molecule has 1 rings (SSSR count). The largest absolute Gasteiger partial charge is 0.493 e. The van der Waals surface area contributed by atoms with Crippen LogP contribution in [0.15, 0.2) is 12.1 Å². The van der Waals surface area contributed by atoms with E-state index >= 15 is 0 Å². The Balaban J connectivity index is 2.99. The van der Waals surface area contributed by atoms with Crippen molar-refractivity contribution in [2.75, 3.05) is 26.4 Å². The molecular weight excluding hydrogens is 304 g/mol. The number of ether oxygens (including phenoxy) is 1. The smallest absolute Gasteiger partial charge is 0.119 e. The lowest BCUT2D eigenvalue weighted by molar-refractivity contribution is -0.0259. The molecule has 1 aromatic rings. The third-order valence-corrected chi connectivity index (χ3v) is 4.75. The first-order chi connectivity index (χ1) is 11.6. The number of unbranched alkanes of at least 4 members (excludes halogenated alkanes) is 2. The van der Waals surface area contributed by atoms with Crippen molar-refractivity contribution >= 4 is 0 Å². The van der Waals surface area contributed by atoms with Crippen molar-refractivity contribution in [2.24, 2.45) is 5.41 Å². The summed E-state index contributed by atoms with van der Waals surface area (Å²) in [6.45, 7) is 5.72. The van der Waals surface area contributed by atoms with Crippen LogP contribution in [0.2, 0.25) is 0 Å². The fourth-order valence-electron chi connectivity index (χ4n) is 2.67. The summed E-state index contributed by atoms with van der Waals surface area (Å²) in [7, 11) is 0. The van der Waals surface area contributed by atoms with Crippen LogP contribution in [0.1, 0.15) is 56.2 Å². The van der Waals surface area contributed by atoms with E-state index in [4.69, 9.17) is 4.74 Å². The SMILES string of the molecule is CCCCc1cc(OCC(CO)(CO)CO)cc(CCCC)c1C. The third kappa shape index (κ3) is 5.76. The highest BCUT2D eigenvalue weighted by Gasteiger charge is 2.29. The number of hydrogen-bond donors (Lipinski definition) is 3. The van der Waals surface area contributed by atoms with Gasteiger partial charge in [-0.15, -0.1) is 0 Å². The summed E-state index contributed by atoms with van der Waals surface area (Å²) in [4.78, 5) is 0. The van der Waals surface area contributed by atoms with E-state index in [9.17, 15) is 15.3 Å². The van der Waals surface area contributed by atoms with Gasteiger partial charge < -0.3 is 20.1 Å². The van der Waals surface area contributed by atoms with E-state index in [0.717, 1.165) is 44.3 Å². The number of aryl methyl sites for hydroxylation is 2. The van der Waals surface area contributed by atoms with Crippen LogP contribution in [0.5, 0.6) is 5.75 Å². The Morgan fingerprint density at radius 1 is 0.875 bits per heavy atom. The Kier molecular flexibility index (Phi) is 9.34. The third-order valence-electron chi connectivity index (χ3n) is 4.75. The lowest BCUT2D eigenvalue weighted by Crippen LogP contribution is -2.39. The molecule has 0 atom stereocenters. The summed E-state index contributed by atoms with van der Waals surface area (Å²) in [6.07, 6.45) is 6.65. The fraction of sp³-hybridized carbons (Fsp3) is 0.700. The highest BCUT2D eigenvalue weighted by atomic mass is 16.5. The zero-order valence-corrected chi connectivity index (χ0v) is 15.5. The quantitative estimate of drug-likeness (QED) is 0.548. The highest BCUT2D eigenvalue weighted by molar-refractivity contribution is 5.42. The van der Waals surface area contributed by atoms with Crippen LogP contribution in [-0.2, 0) is 12.8 Å². The van der Waals surface area contributed by atoms with E-state index in [2.05, 4.69) is 32.9 Å². The molecule has 1 aromatic carbocycles. The van der Waals surface area contributed by atoms with Crippen molar-refractivity contribution in [1.82, 2.24) is 0 Å². The van der Waals surface area contributed by atoms with E-state index < -0.39 is 5.41 Å². The molecule has 0 saturated heterocycles. The second kappa shape index (κ2) is 10.7. The summed E-state index contributed by atoms with van der Waals surface area (Å²) >= 11 is 0. The number of aliphatic hydroxyl groups excluding tert-OH is 3. The molecule has 0 aliphatic rings. The second-order valence-corrected chi connectivity index (χ2v) is 6.84. The van der Waals surface area contributed by atoms with E-state index in [-0.39, 0.29) is 26.4 Å². The van der Waals surface area contributed by atoms with Crippen LogP contribution >= 0.6 is 0 Å². The molecule has 3 N–H and O–H groups in total. The maximum atomic E-state index is 9.44. The van der Waals surface area contributed by atoms with Gasteiger partial charge in [-0.05, 0) is 61.4 Å². The average Bonchev–Trinajstić information content (AvgIpc) is 2.62. The van der Waals surface area contributed by atoms with Gasteiger partial charge in [0.2, 0.25) is 0 Å². The van der Waals surface area contributed by atoms with Gasteiger partial charge >= 0.3 is 0 Å². The van der Waals surface area contributed by atoms with E-state index in [1.54, 1.807) is 0 Å². The maximum Gasteiger partial charge on any atom is 0.119 e. The predicted molar refractivity (Wildman–Crippen MR) is 97.6 cm³/mol. The summed E-state index contributed by atoms with van der Waals surface area (Å²) in [6, 6.07) is 4.13. The Labute approximate surface area is 146 Å². The maximum absolute atomic E-state index is 9.44. The van der Waals surface area contributed by atoms with E-state index in [0.29, 0.717) is 0 Å². The first kappa shape index (κ1) is 20.9. The predicted octanol–water partition coefficient (Wildman–Crippen LogP) is 3.02. The molecule has 0 aromatic heterocycles. The van der Waals surface area contributed by atoms with Gasteiger partial charge in [0.15, 0.2) is 0 Å². The zero-order chi connectivity index (χ0) is 18.0. The molecule has 0 bridgehead atoms.